The predicted octanol–water partition coefficient (Wildman–Crippen LogP) is 2.71. The molecule has 0 saturated carbocycles. The molecule has 0 bridgehead atoms. The third kappa shape index (κ3) is 6.61. The van der Waals surface area contributed by atoms with E-state index in [1.807, 2.05) is 18.2 Å². The lowest BCUT2D eigenvalue weighted by molar-refractivity contribution is 0.0177. The largest absolute Gasteiger partial charge is 0.492 e. The summed E-state index contributed by atoms with van der Waals surface area (Å²) < 4.78 is 22.0. The second-order valence-corrected chi connectivity index (χ2v) is 7.90. The van der Waals surface area contributed by atoms with Gasteiger partial charge in [0.25, 0.3) is 0 Å². The molecule has 0 radical (unpaired) electrons. The number of rotatable bonds is 8. The molecule has 8 nitrogen and oxygen atoms in total. The molecule has 1 aromatic carbocycles. The summed E-state index contributed by atoms with van der Waals surface area (Å²) in [5.41, 5.74) is 0. The van der Waals surface area contributed by atoms with Crippen LogP contribution in [0.2, 0.25) is 0 Å². The lowest BCUT2D eigenvalue weighted by Gasteiger charge is -2.34. The van der Waals surface area contributed by atoms with Gasteiger partial charge in [-0.05, 0) is 23.6 Å². The van der Waals surface area contributed by atoms with Crippen LogP contribution >= 0.6 is 35.3 Å². The number of ether oxygens (including phenoxy) is 4. The fourth-order valence-corrected chi connectivity index (χ4v) is 4.36. The molecular formula is C21H29IN4O4S. The third-order valence-electron chi connectivity index (χ3n) is 5.05. The van der Waals surface area contributed by atoms with E-state index in [2.05, 4.69) is 38.0 Å². The summed E-state index contributed by atoms with van der Waals surface area (Å²) in [7, 11) is 1.78. The minimum atomic E-state index is 0. The van der Waals surface area contributed by atoms with E-state index in [9.17, 15) is 0 Å². The molecule has 2 N–H and O–H groups in total. The Labute approximate surface area is 203 Å². The highest BCUT2D eigenvalue weighted by atomic mass is 127. The van der Waals surface area contributed by atoms with Crippen molar-refractivity contribution >= 4 is 41.3 Å². The maximum atomic E-state index is 5.80. The number of hydrogen-bond acceptors (Lipinski definition) is 7. The quantitative estimate of drug-likeness (QED) is 0.223. The Morgan fingerprint density at radius 1 is 1.19 bits per heavy atom. The van der Waals surface area contributed by atoms with Gasteiger partial charge in [-0.3, -0.25) is 9.89 Å². The molecule has 0 spiro atoms. The van der Waals surface area contributed by atoms with Crippen LogP contribution < -0.4 is 24.8 Å². The van der Waals surface area contributed by atoms with Gasteiger partial charge in [0.2, 0.25) is 6.79 Å². The number of aliphatic imine (C=N–C) groups is 1. The van der Waals surface area contributed by atoms with Gasteiger partial charge in [0.15, 0.2) is 17.5 Å². The number of nitrogens with zero attached hydrogens (tertiary/aromatic N) is 2. The maximum Gasteiger partial charge on any atom is 0.231 e. The molecule has 1 unspecified atom stereocenters. The predicted molar refractivity (Wildman–Crippen MR) is 132 cm³/mol. The number of benzene rings is 1. The van der Waals surface area contributed by atoms with E-state index in [4.69, 9.17) is 18.9 Å². The van der Waals surface area contributed by atoms with Crippen molar-refractivity contribution in [3.8, 4) is 17.2 Å². The van der Waals surface area contributed by atoms with Gasteiger partial charge in [-0.25, -0.2) is 0 Å². The first-order valence-electron chi connectivity index (χ1n) is 10.2. The molecule has 1 atom stereocenters. The Balaban J connectivity index is 0.00000272. The van der Waals surface area contributed by atoms with E-state index in [1.54, 1.807) is 18.4 Å². The molecule has 170 valence electrons. The van der Waals surface area contributed by atoms with Crippen molar-refractivity contribution < 1.29 is 18.9 Å². The Morgan fingerprint density at radius 2 is 2.03 bits per heavy atom. The van der Waals surface area contributed by atoms with Crippen LogP contribution in [0.25, 0.3) is 0 Å². The van der Waals surface area contributed by atoms with Gasteiger partial charge >= 0.3 is 0 Å². The lowest BCUT2D eigenvalue weighted by Crippen LogP contribution is -2.46. The van der Waals surface area contributed by atoms with Crippen molar-refractivity contribution in [1.29, 1.82) is 0 Å². The van der Waals surface area contributed by atoms with Gasteiger partial charge in [0.05, 0.1) is 25.8 Å². The molecule has 2 aliphatic heterocycles. The van der Waals surface area contributed by atoms with Gasteiger partial charge in [-0.15, -0.1) is 35.3 Å². The molecule has 4 rings (SSSR count). The van der Waals surface area contributed by atoms with E-state index >= 15 is 0 Å². The SMILES string of the molecule is CN=C(NCCOc1ccc2c(c1)OCO2)NCC(c1cccs1)N1CCOCC1.I. The van der Waals surface area contributed by atoms with Gasteiger partial charge in [-0.2, -0.15) is 0 Å². The van der Waals surface area contributed by atoms with Crippen LogP contribution in [-0.4, -0.2) is 70.7 Å². The zero-order chi connectivity index (χ0) is 20.6. The molecule has 1 aromatic heterocycles. The zero-order valence-corrected chi connectivity index (χ0v) is 20.7. The molecule has 1 fully saturated rings. The van der Waals surface area contributed by atoms with Gasteiger partial charge in [-0.1, -0.05) is 6.07 Å². The number of thiophene rings is 1. The van der Waals surface area contributed by atoms with E-state index in [1.165, 1.54) is 4.88 Å². The van der Waals surface area contributed by atoms with Gasteiger partial charge in [0.1, 0.15) is 12.4 Å². The van der Waals surface area contributed by atoms with Crippen molar-refractivity contribution in [2.45, 2.75) is 6.04 Å². The average molecular weight is 560 g/mol. The van der Waals surface area contributed by atoms with Crippen molar-refractivity contribution in [2.75, 3.05) is 59.8 Å². The Hall–Kier alpha value is -1.76. The summed E-state index contributed by atoms with van der Waals surface area (Å²) >= 11 is 1.79. The van der Waals surface area contributed by atoms with E-state index in [0.717, 1.165) is 56.1 Å². The monoisotopic (exact) mass is 560 g/mol. The summed E-state index contributed by atoms with van der Waals surface area (Å²) in [6.45, 7) is 5.65. The summed E-state index contributed by atoms with van der Waals surface area (Å²) in [6.07, 6.45) is 0. The van der Waals surface area contributed by atoms with Gasteiger partial charge in [0, 0.05) is 37.6 Å². The van der Waals surface area contributed by atoms with Crippen LogP contribution in [0.15, 0.2) is 40.7 Å². The van der Waals surface area contributed by atoms with Crippen LogP contribution in [0.4, 0.5) is 0 Å². The summed E-state index contributed by atoms with van der Waals surface area (Å²) in [5, 5.41) is 8.90. The minimum Gasteiger partial charge on any atom is -0.492 e. The zero-order valence-electron chi connectivity index (χ0n) is 17.5. The number of fused-ring (bicyclic) bond motifs is 1. The number of hydrogen-bond donors (Lipinski definition) is 2. The van der Waals surface area contributed by atoms with Crippen molar-refractivity contribution in [3.05, 3.63) is 40.6 Å². The standard InChI is InChI=1S/C21H28N4O4S.HI/c1-22-21(23-6-9-27-16-4-5-18-19(13-16)29-15-28-18)24-14-17(20-3-2-12-30-20)25-7-10-26-11-8-25;/h2-5,12-13,17H,6-11,14-15H2,1H3,(H2,22,23,24);1H. The topological polar surface area (TPSA) is 76.6 Å². The highest BCUT2D eigenvalue weighted by Crippen LogP contribution is 2.35. The molecular weight excluding hydrogens is 531 g/mol. The van der Waals surface area contributed by atoms with Crippen LogP contribution in [0.5, 0.6) is 17.2 Å². The second kappa shape index (κ2) is 12.3. The molecule has 0 aliphatic carbocycles. The van der Waals surface area contributed by atoms with Crippen LogP contribution in [0, 0.1) is 0 Å². The Morgan fingerprint density at radius 3 is 2.81 bits per heavy atom. The molecule has 2 aromatic rings. The number of morpholine rings is 1. The lowest BCUT2D eigenvalue weighted by atomic mass is 10.2. The number of guanidine groups is 1. The van der Waals surface area contributed by atoms with Crippen LogP contribution in [0.3, 0.4) is 0 Å². The highest BCUT2D eigenvalue weighted by molar-refractivity contribution is 14.0. The first-order valence-corrected chi connectivity index (χ1v) is 11.0. The highest BCUT2D eigenvalue weighted by Gasteiger charge is 2.23. The van der Waals surface area contributed by atoms with E-state index in [0.29, 0.717) is 19.2 Å². The summed E-state index contributed by atoms with van der Waals surface area (Å²) in [6, 6.07) is 10.2. The Bertz CT molecular complexity index is 831. The fraction of sp³-hybridized carbons (Fsp3) is 0.476. The average Bonchev–Trinajstić information content (AvgIpc) is 3.48. The van der Waals surface area contributed by atoms with E-state index < -0.39 is 0 Å². The van der Waals surface area contributed by atoms with Gasteiger partial charge < -0.3 is 29.6 Å². The smallest absolute Gasteiger partial charge is 0.231 e. The number of halogens is 1. The molecule has 1 saturated heterocycles. The van der Waals surface area contributed by atoms with Crippen LogP contribution in [0.1, 0.15) is 10.9 Å². The van der Waals surface area contributed by atoms with Crippen molar-refractivity contribution in [1.82, 2.24) is 15.5 Å². The normalized spacial score (nSPS) is 17.0. The number of nitrogens with one attached hydrogen (secondary N) is 2. The second-order valence-electron chi connectivity index (χ2n) is 6.92. The van der Waals surface area contributed by atoms with Crippen LogP contribution in [-0.2, 0) is 4.74 Å². The van der Waals surface area contributed by atoms with Crippen molar-refractivity contribution in [2.24, 2.45) is 4.99 Å². The first-order chi connectivity index (χ1) is 14.8. The van der Waals surface area contributed by atoms with Crippen molar-refractivity contribution in [3.63, 3.8) is 0 Å². The Kier molecular flexibility index (Phi) is 9.50. The molecule has 3 heterocycles. The summed E-state index contributed by atoms with van der Waals surface area (Å²) in [5.74, 6) is 3.00. The first kappa shape index (κ1) is 23.9. The molecule has 0 amide bonds. The summed E-state index contributed by atoms with van der Waals surface area (Å²) in [4.78, 5) is 8.16. The maximum absolute atomic E-state index is 5.80. The third-order valence-corrected chi connectivity index (χ3v) is 6.03. The fourth-order valence-electron chi connectivity index (χ4n) is 3.50. The molecule has 2 aliphatic rings. The minimum absolute atomic E-state index is 0. The van der Waals surface area contributed by atoms with E-state index in [-0.39, 0.29) is 30.8 Å². The molecule has 10 heteroatoms. The molecule has 31 heavy (non-hydrogen) atoms.